The molecular formula is H6Ca2O5PSZn. The average Bonchev–Trinajstić information content (AvgIpc) is 1.36. The average molecular weight is 295 g/mol. The standard InChI is InChI=1S/2Ca.H2O4S.OP.Zn.4H/c;;1-5(2,3)4;1-2;;;;;/h;;(H2,1,2,3,4);;;;;;. The summed E-state index contributed by atoms with van der Waals surface area (Å²) in [5, 5.41) is 0. The smallest absolute Gasteiger partial charge is 0 e. The molecule has 0 aromatic rings. The van der Waals surface area contributed by atoms with Crippen molar-refractivity contribution in [2.24, 2.45) is 0 Å². The molecule has 5 nitrogen and oxygen atoms in total. The molecule has 0 heterocycles. The number of hydrogen-bond acceptors (Lipinski definition) is 3. The molecule has 0 fully saturated rings. The fourth-order valence-corrected chi connectivity index (χ4v) is 0. The van der Waals surface area contributed by atoms with Gasteiger partial charge in [-0.3, -0.25) is 13.7 Å². The SMILES string of the molecule is O=S(=O)(O)O.O=[P].[CaH2].[CaH2].[Zn]. The fourth-order valence-electron chi connectivity index (χ4n) is 0. The largest absolute Gasteiger partial charge is 0 e. The molecule has 0 saturated heterocycles. The third kappa shape index (κ3) is 117. The van der Waals surface area contributed by atoms with E-state index in [0.29, 0.717) is 0 Å². The van der Waals surface area contributed by atoms with Crippen LogP contribution < -0.4 is 0 Å². The fraction of sp³-hybridized carbons (Fsp3) is 0. The van der Waals surface area contributed by atoms with Gasteiger partial charge in [-0.1, -0.05) is 0 Å². The zero-order chi connectivity index (χ0) is 6.50. The van der Waals surface area contributed by atoms with Crippen LogP contribution in [0, 0.1) is 0 Å². The first kappa shape index (κ1) is 29.2. The molecule has 10 heavy (non-hydrogen) atoms. The van der Waals surface area contributed by atoms with Crippen LogP contribution in [-0.4, -0.2) is 93.0 Å². The Morgan fingerprint density at radius 3 is 1.00 bits per heavy atom. The first-order valence-corrected chi connectivity index (χ1v) is 2.64. The monoisotopic (exact) mass is 293 g/mol. The molecule has 0 spiro atoms. The molecule has 0 aromatic heterocycles. The van der Waals surface area contributed by atoms with Gasteiger partial charge in [0, 0.05) is 19.5 Å². The van der Waals surface area contributed by atoms with Crippen molar-refractivity contribution in [3.05, 3.63) is 0 Å². The maximum Gasteiger partial charge on any atom is 0 e. The van der Waals surface area contributed by atoms with Gasteiger partial charge in [-0.05, 0) is 0 Å². The Kier molecular flexibility index (Phi) is 52.7. The Bertz CT molecular complexity index is 114. The Morgan fingerprint density at radius 2 is 1.00 bits per heavy atom. The van der Waals surface area contributed by atoms with Gasteiger partial charge in [-0.25, -0.2) is 0 Å². The number of rotatable bonds is 0. The molecule has 0 amide bonds. The van der Waals surface area contributed by atoms with Crippen LogP contribution >= 0.6 is 9.12 Å². The van der Waals surface area contributed by atoms with Crippen molar-refractivity contribution in [1.82, 2.24) is 0 Å². The molecule has 0 aromatic carbocycles. The zero-order valence-corrected chi connectivity index (χ0v) is 8.36. The minimum atomic E-state index is -4.67. The van der Waals surface area contributed by atoms with E-state index < -0.39 is 10.4 Å². The molecule has 1 radical (unpaired) electrons. The quantitative estimate of drug-likeness (QED) is 0.314. The van der Waals surface area contributed by atoms with Crippen molar-refractivity contribution in [3.63, 3.8) is 0 Å². The van der Waals surface area contributed by atoms with Gasteiger partial charge in [-0.15, -0.1) is 0 Å². The summed E-state index contributed by atoms with van der Waals surface area (Å²) in [7, 11) is -2.39. The Hall–Kier alpha value is 3.11. The predicted octanol–water partition coefficient (Wildman–Crippen LogP) is -1.75. The Balaban J connectivity index is -0.0000000154. The van der Waals surface area contributed by atoms with Crippen LogP contribution in [0.15, 0.2) is 0 Å². The Morgan fingerprint density at radius 1 is 1.00 bits per heavy atom. The molecule has 0 rings (SSSR count). The van der Waals surface area contributed by atoms with Crippen LogP contribution in [-0.2, 0) is 34.4 Å². The molecule has 10 heteroatoms. The summed E-state index contributed by atoms with van der Waals surface area (Å²) < 4.78 is 39.5. The van der Waals surface area contributed by atoms with Gasteiger partial charge in [0.25, 0.3) is 9.12 Å². The van der Waals surface area contributed by atoms with Crippen molar-refractivity contribution in [2.45, 2.75) is 0 Å². The molecule has 0 bridgehead atoms. The van der Waals surface area contributed by atoms with Gasteiger partial charge in [0.15, 0.2) is 0 Å². The summed E-state index contributed by atoms with van der Waals surface area (Å²) in [5.41, 5.74) is 0. The predicted molar refractivity (Wildman–Crippen MR) is 38.9 cm³/mol. The van der Waals surface area contributed by atoms with Crippen LogP contribution in [0.1, 0.15) is 0 Å². The van der Waals surface area contributed by atoms with Crippen molar-refractivity contribution < 1.29 is 41.6 Å². The maximum absolute atomic E-state index is 8.74. The van der Waals surface area contributed by atoms with E-state index in [1.54, 1.807) is 0 Å². The van der Waals surface area contributed by atoms with Gasteiger partial charge in [0.2, 0.25) is 0 Å². The summed E-state index contributed by atoms with van der Waals surface area (Å²) in [6.07, 6.45) is 0. The second-order valence-corrected chi connectivity index (χ2v) is 1.34. The normalized spacial score (nSPS) is 6.20. The summed E-state index contributed by atoms with van der Waals surface area (Å²) in [6, 6.07) is 0. The topological polar surface area (TPSA) is 91.7 Å². The van der Waals surface area contributed by atoms with Gasteiger partial charge in [0.05, 0.1) is 0 Å². The first-order chi connectivity index (χ1) is 3.00. The van der Waals surface area contributed by atoms with Gasteiger partial charge < -0.3 is 0 Å². The molecule has 0 aliphatic rings. The van der Waals surface area contributed by atoms with E-state index in [4.69, 9.17) is 22.1 Å². The molecule has 0 aliphatic carbocycles. The van der Waals surface area contributed by atoms with E-state index in [2.05, 4.69) is 9.12 Å². The van der Waals surface area contributed by atoms with Crippen molar-refractivity contribution in [1.29, 1.82) is 0 Å². The van der Waals surface area contributed by atoms with E-state index in [9.17, 15) is 0 Å². The van der Waals surface area contributed by atoms with Crippen LogP contribution in [0.5, 0.6) is 0 Å². The molecule has 2 N–H and O–H groups in total. The summed E-state index contributed by atoms with van der Waals surface area (Å²) in [5.74, 6) is 0. The minimum Gasteiger partial charge on any atom is 0 e. The van der Waals surface area contributed by atoms with Gasteiger partial charge in [0.1, 0.15) is 0 Å². The van der Waals surface area contributed by atoms with E-state index >= 15 is 0 Å². The van der Waals surface area contributed by atoms with Crippen molar-refractivity contribution in [2.75, 3.05) is 0 Å². The van der Waals surface area contributed by atoms with E-state index in [1.807, 2.05) is 0 Å². The van der Waals surface area contributed by atoms with E-state index in [0.717, 1.165) is 0 Å². The van der Waals surface area contributed by atoms with Crippen molar-refractivity contribution >= 4 is 95.0 Å². The van der Waals surface area contributed by atoms with Crippen molar-refractivity contribution in [3.8, 4) is 0 Å². The van der Waals surface area contributed by atoms with Crippen LogP contribution in [0.25, 0.3) is 0 Å². The number of hydrogen-bond donors (Lipinski definition) is 2. The molecule has 0 aliphatic heterocycles. The molecular weight excluding hydrogens is 289 g/mol. The summed E-state index contributed by atoms with van der Waals surface area (Å²) >= 11 is 0. The second kappa shape index (κ2) is 18.0. The van der Waals surface area contributed by atoms with Gasteiger partial charge in [-0.2, -0.15) is 8.42 Å². The third-order valence-electron chi connectivity index (χ3n) is 0. The third-order valence-corrected chi connectivity index (χ3v) is 0. The molecule has 53 valence electrons. The Labute approximate surface area is 134 Å². The van der Waals surface area contributed by atoms with Gasteiger partial charge >= 0.3 is 85.9 Å². The second-order valence-electron chi connectivity index (χ2n) is 0.448. The van der Waals surface area contributed by atoms with Crippen LogP contribution in [0.3, 0.4) is 0 Å². The van der Waals surface area contributed by atoms with Crippen LogP contribution in [0.2, 0.25) is 0 Å². The van der Waals surface area contributed by atoms with E-state index in [1.165, 1.54) is 0 Å². The minimum absolute atomic E-state index is 0. The van der Waals surface area contributed by atoms with Crippen LogP contribution in [0.4, 0.5) is 0 Å². The summed E-state index contributed by atoms with van der Waals surface area (Å²) in [4.78, 5) is 0. The van der Waals surface area contributed by atoms with E-state index in [-0.39, 0.29) is 95.0 Å². The zero-order valence-electron chi connectivity index (χ0n) is 3.68. The molecule has 0 saturated carbocycles. The first-order valence-electron chi connectivity index (χ1n) is 0.881. The summed E-state index contributed by atoms with van der Waals surface area (Å²) in [6.45, 7) is 0. The molecule has 0 atom stereocenters. The maximum atomic E-state index is 8.74. The molecule has 0 unspecified atom stereocenters.